The molecule has 238 valence electrons. The maximum Gasteiger partial charge on any atom is 0.416 e. The molecule has 1 saturated heterocycles. The van der Waals surface area contributed by atoms with E-state index in [2.05, 4.69) is 25.4 Å². The number of benzene rings is 2. The van der Waals surface area contributed by atoms with Crippen molar-refractivity contribution >= 4 is 11.7 Å². The van der Waals surface area contributed by atoms with E-state index in [9.17, 15) is 35.9 Å². The second-order valence-electron chi connectivity index (χ2n) is 10.7. The molecule has 4 aromatic rings. The Morgan fingerprint density at radius 3 is 2.13 bits per heavy atom. The maximum absolute atomic E-state index is 13.7. The molecule has 0 radical (unpaired) electrons. The van der Waals surface area contributed by atoms with Gasteiger partial charge >= 0.3 is 18.0 Å². The molecule has 0 saturated carbocycles. The van der Waals surface area contributed by atoms with Crippen LogP contribution in [0.15, 0.2) is 53.3 Å². The van der Waals surface area contributed by atoms with Gasteiger partial charge in [-0.05, 0) is 47.9 Å². The molecule has 1 aliphatic rings. The summed E-state index contributed by atoms with van der Waals surface area (Å²) >= 11 is 0. The third-order valence-corrected chi connectivity index (χ3v) is 7.61. The summed E-state index contributed by atoms with van der Waals surface area (Å²) in [7, 11) is 1.39. The van der Waals surface area contributed by atoms with Crippen LogP contribution in [0.4, 0.5) is 32.2 Å². The number of hydrogen-bond donors (Lipinski definition) is 3. The van der Waals surface area contributed by atoms with E-state index in [0.29, 0.717) is 67.6 Å². The minimum absolute atomic E-state index is 0.0362. The molecule has 9 nitrogen and oxygen atoms in total. The van der Waals surface area contributed by atoms with Crippen molar-refractivity contribution in [1.29, 1.82) is 0 Å². The van der Waals surface area contributed by atoms with Gasteiger partial charge in [0.2, 0.25) is 0 Å². The third kappa shape index (κ3) is 7.19. The molecule has 2 aromatic heterocycles. The van der Waals surface area contributed by atoms with Crippen molar-refractivity contribution in [3.05, 3.63) is 98.4 Å². The number of halogens is 6. The number of carbonyl (C=O) groups is 1. The van der Waals surface area contributed by atoms with Crippen LogP contribution >= 0.6 is 0 Å². The number of alkyl halides is 6. The van der Waals surface area contributed by atoms with Gasteiger partial charge in [0.15, 0.2) is 0 Å². The van der Waals surface area contributed by atoms with Crippen LogP contribution in [0.5, 0.6) is 0 Å². The van der Waals surface area contributed by atoms with Gasteiger partial charge in [0, 0.05) is 45.2 Å². The van der Waals surface area contributed by atoms with Crippen molar-refractivity contribution in [1.82, 2.24) is 30.4 Å². The van der Waals surface area contributed by atoms with E-state index < -0.39 is 41.5 Å². The van der Waals surface area contributed by atoms with Crippen molar-refractivity contribution in [3.63, 3.8) is 0 Å². The molecular formula is C30H29F6N7O2. The zero-order valence-corrected chi connectivity index (χ0v) is 24.2. The number of nitrogens with zero attached hydrogens (tertiary/aromatic N) is 4. The van der Waals surface area contributed by atoms with E-state index in [-0.39, 0.29) is 22.9 Å². The Balaban J connectivity index is 1.59. The molecule has 0 spiro atoms. The SMILES string of the molecule is CNC(=O)c1c(-c2ccccc2C)cc(N2CCN(Cc3n[nH]c(=O)[nH]3)CC2)nc1Cc1cc(C(F)(F)F)cc(C(F)(F)F)c1. The van der Waals surface area contributed by atoms with E-state index in [4.69, 9.17) is 4.98 Å². The normalized spacial score (nSPS) is 14.5. The van der Waals surface area contributed by atoms with Crippen LogP contribution in [-0.4, -0.2) is 64.2 Å². The second-order valence-corrected chi connectivity index (χ2v) is 10.7. The van der Waals surface area contributed by atoms with E-state index >= 15 is 0 Å². The highest BCUT2D eigenvalue weighted by atomic mass is 19.4. The van der Waals surface area contributed by atoms with Crippen LogP contribution in [0.3, 0.4) is 0 Å². The van der Waals surface area contributed by atoms with E-state index in [1.54, 1.807) is 18.2 Å². The van der Waals surface area contributed by atoms with Gasteiger partial charge in [-0.2, -0.15) is 31.4 Å². The molecule has 0 unspecified atom stereocenters. The monoisotopic (exact) mass is 633 g/mol. The van der Waals surface area contributed by atoms with Crippen LogP contribution in [0.2, 0.25) is 0 Å². The Labute approximate surface area is 253 Å². The molecule has 1 aliphatic heterocycles. The molecule has 3 heterocycles. The fraction of sp³-hybridized carbons (Fsp3) is 0.333. The first-order chi connectivity index (χ1) is 21.2. The number of nitrogens with one attached hydrogen (secondary N) is 3. The fourth-order valence-electron chi connectivity index (χ4n) is 5.38. The molecule has 45 heavy (non-hydrogen) atoms. The summed E-state index contributed by atoms with van der Waals surface area (Å²) in [5.74, 6) is 0.319. The van der Waals surface area contributed by atoms with Crippen molar-refractivity contribution in [2.75, 3.05) is 38.1 Å². The van der Waals surface area contributed by atoms with Crippen LogP contribution in [0.25, 0.3) is 11.1 Å². The largest absolute Gasteiger partial charge is 0.416 e. The number of pyridine rings is 1. The molecule has 15 heteroatoms. The van der Waals surface area contributed by atoms with Gasteiger partial charge in [0.25, 0.3) is 5.91 Å². The molecule has 0 atom stereocenters. The summed E-state index contributed by atoms with van der Waals surface area (Å²) in [6, 6.07) is 10.3. The van der Waals surface area contributed by atoms with Crippen molar-refractivity contribution in [2.24, 2.45) is 0 Å². The molecule has 0 bridgehead atoms. The number of aromatic nitrogens is 4. The standard InChI is InChI=1S/C30H29F6N7O2/c1-17-5-3-4-6-21(17)22-15-25(43-9-7-42(8-10-43)16-24-39-28(45)41-40-24)38-23(26(22)27(44)37-2)13-18-11-19(29(31,32)33)14-20(12-18)30(34,35)36/h3-6,11-12,14-15H,7-10,13,16H2,1-2H3,(H,37,44)(H2,39,40,41,45). The summed E-state index contributed by atoms with van der Waals surface area (Å²) in [4.78, 5) is 36.0. The minimum Gasteiger partial charge on any atom is -0.355 e. The number of piperazine rings is 1. The third-order valence-electron chi connectivity index (χ3n) is 7.61. The van der Waals surface area contributed by atoms with E-state index in [1.807, 2.05) is 24.0 Å². The quantitative estimate of drug-likeness (QED) is 0.253. The zero-order valence-electron chi connectivity index (χ0n) is 24.2. The summed E-state index contributed by atoms with van der Waals surface area (Å²) < 4.78 is 82.0. The predicted molar refractivity (Wildman–Crippen MR) is 154 cm³/mol. The maximum atomic E-state index is 13.7. The Morgan fingerprint density at radius 1 is 0.933 bits per heavy atom. The van der Waals surface area contributed by atoms with Crippen LogP contribution < -0.4 is 15.9 Å². The number of amides is 1. The summed E-state index contributed by atoms with van der Waals surface area (Å²) in [5.41, 5.74) is -1.58. The number of aromatic amines is 2. The summed E-state index contributed by atoms with van der Waals surface area (Å²) in [6.45, 7) is 4.26. The number of hydrogen-bond acceptors (Lipinski definition) is 6. The number of anilines is 1. The van der Waals surface area contributed by atoms with Crippen LogP contribution in [0, 0.1) is 6.92 Å². The number of rotatable bonds is 7. The van der Waals surface area contributed by atoms with Gasteiger partial charge in [0.1, 0.15) is 11.6 Å². The number of H-pyrrole nitrogens is 2. The average molecular weight is 634 g/mol. The first-order valence-electron chi connectivity index (χ1n) is 13.9. The lowest BCUT2D eigenvalue weighted by molar-refractivity contribution is -0.143. The number of aryl methyl sites for hydroxylation is 1. The van der Waals surface area contributed by atoms with Gasteiger partial charge in [-0.1, -0.05) is 24.3 Å². The first kappa shape index (κ1) is 31.8. The lowest BCUT2D eigenvalue weighted by atomic mass is 9.92. The Morgan fingerprint density at radius 2 is 1.58 bits per heavy atom. The van der Waals surface area contributed by atoms with E-state index in [1.165, 1.54) is 7.05 Å². The van der Waals surface area contributed by atoms with Crippen molar-refractivity contribution in [2.45, 2.75) is 32.2 Å². The van der Waals surface area contributed by atoms with Crippen molar-refractivity contribution in [3.8, 4) is 11.1 Å². The number of carbonyl (C=O) groups excluding carboxylic acids is 1. The average Bonchev–Trinajstić information content (AvgIpc) is 3.40. The van der Waals surface area contributed by atoms with Gasteiger partial charge in [-0.25, -0.2) is 14.9 Å². The Kier molecular flexibility index (Phi) is 8.74. The zero-order chi connectivity index (χ0) is 32.5. The lowest BCUT2D eigenvalue weighted by Gasteiger charge is -2.35. The predicted octanol–water partition coefficient (Wildman–Crippen LogP) is 4.78. The highest BCUT2D eigenvalue weighted by Crippen LogP contribution is 2.38. The van der Waals surface area contributed by atoms with Crippen molar-refractivity contribution < 1.29 is 31.1 Å². The highest BCUT2D eigenvalue weighted by molar-refractivity contribution is 6.02. The van der Waals surface area contributed by atoms with Gasteiger partial charge in [-0.15, -0.1) is 0 Å². The van der Waals surface area contributed by atoms with Crippen LogP contribution in [-0.2, 0) is 25.3 Å². The Hall–Kier alpha value is -4.66. The van der Waals surface area contributed by atoms with E-state index in [0.717, 1.165) is 5.56 Å². The Bertz CT molecular complexity index is 1720. The van der Waals surface area contributed by atoms with Crippen LogP contribution in [0.1, 0.15) is 44.1 Å². The molecule has 2 aromatic carbocycles. The fourth-order valence-corrected chi connectivity index (χ4v) is 5.38. The molecule has 5 rings (SSSR count). The first-order valence-corrected chi connectivity index (χ1v) is 13.9. The molecule has 1 amide bonds. The minimum atomic E-state index is -5.02. The highest BCUT2D eigenvalue weighted by Gasteiger charge is 2.37. The molecule has 1 fully saturated rings. The lowest BCUT2D eigenvalue weighted by Crippen LogP contribution is -2.46. The van der Waals surface area contributed by atoms with Gasteiger partial charge in [-0.3, -0.25) is 14.7 Å². The topological polar surface area (TPSA) is 110 Å². The smallest absolute Gasteiger partial charge is 0.355 e. The summed E-state index contributed by atoms with van der Waals surface area (Å²) in [5, 5.41) is 8.80. The van der Waals surface area contributed by atoms with Gasteiger partial charge < -0.3 is 10.2 Å². The molecular weight excluding hydrogens is 604 g/mol. The summed E-state index contributed by atoms with van der Waals surface area (Å²) in [6.07, 6.45) is -10.5. The molecule has 3 N–H and O–H groups in total. The van der Waals surface area contributed by atoms with Gasteiger partial charge in [0.05, 0.1) is 28.9 Å². The second kappa shape index (κ2) is 12.4. The molecule has 0 aliphatic carbocycles.